The maximum atomic E-state index is 10.8. The van der Waals surface area contributed by atoms with Crippen LogP contribution in [0.3, 0.4) is 0 Å². The first-order chi connectivity index (χ1) is 17.2. The van der Waals surface area contributed by atoms with E-state index in [1.165, 1.54) is 6.42 Å². The molecule has 35 heavy (non-hydrogen) atoms. The molecule has 2 atom stereocenters. The summed E-state index contributed by atoms with van der Waals surface area (Å²) in [6, 6.07) is 28.7. The molecule has 4 nitrogen and oxygen atoms in total. The average molecular weight is 477 g/mol. The van der Waals surface area contributed by atoms with Crippen LogP contribution in [0.2, 0.25) is 5.02 Å². The van der Waals surface area contributed by atoms with Gasteiger partial charge < -0.3 is 4.90 Å². The molecule has 1 aliphatic carbocycles. The summed E-state index contributed by atoms with van der Waals surface area (Å²) < 4.78 is 0. The maximum absolute atomic E-state index is 10.8. The largest absolute Gasteiger partial charge is 0.319 e. The van der Waals surface area contributed by atoms with Crippen molar-refractivity contribution in [2.24, 2.45) is 10.4 Å². The molecule has 1 saturated heterocycles. The molecule has 2 aliphatic heterocycles. The average Bonchev–Trinajstić information content (AvgIpc) is 3.20. The zero-order valence-electron chi connectivity index (χ0n) is 19.4. The Kier molecular flexibility index (Phi) is 5.36. The second-order valence-corrected chi connectivity index (χ2v) is 10.1. The highest BCUT2D eigenvalue weighted by Gasteiger charge is 2.63. The Labute approximate surface area is 211 Å². The highest BCUT2D eigenvalue weighted by Crippen LogP contribution is 2.62. The molecule has 1 saturated carbocycles. The van der Waals surface area contributed by atoms with Gasteiger partial charge in [-0.1, -0.05) is 91.5 Å². The van der Waals surface area contributed by atoms with Gasteiger partial charge in [0.2, 0.25) is 0 Å². The highest BCUT2D eigenvalue weighted by molar-refractivity contribution is 6.32. The number of halogens is 1. The first-order valence-corrected chi connectivity index (χ1v) is 12.7. The van der Waals surface area contributed by atoms with Crippen LogP contribution >= 0.6 is 11.6 Å². The minimum atomic E-state index is -1.39. The third-order valence-corrected chi connectivity index (χ3v) is 8.18. The molecular formula is C30H25ClN4. The van der Waals surface area contributed by atoms with Crippen LogP contribution in [0.25, 0.3) is 11.1 Å². The third-order valence-electron chi connectivity index (χ3n) is 7.83. The monoisotopic (exact) mass is 476 g/mol. The molecule has 0 spiro atoms. The first kappa shape index (κ1) is 21.9. The van der Waals surface area contributed by atoms with Crippen LogP contribution in [0, 0.1) is 28.1 Å². The van der Waals surface area contributed by atoms with Gasteiger partial charge >= 0.3 is 0 Å². The van der Waals surface area contributed by atoms with E-state index in [2.05, 4.69) is 41.3 Å². The Balaban J connectivity index is 1.69. The molecule has 3 aromatic carbocycles. The number of aliphatic imine (C=N–C) groups is 1. The molecule has 0 bridgehead atoms. The van der Waals surface area contributed by atoms with E-state index in [9.17, 15) is 10.5 Å². The molecule has 2 heterocycles. The summed E-state index contributed by atoms with van der Waals surface area (Å²) in [5, 5.41) is 22.1. The van der Waals surface area contributed by atoms with Gasteiger partial charge in [0.15, 0.2) is 5.41 Å². The molecule has 3 aromatic rings. The van der Waals surface area contributed by atoms with E-state index in [0.717, 1.165) is 59.5 Å². The smallest absolute Gasteiger partial charge is 0.182 e. The van der Waals surface area contributed by atoms with Gasteiger partial charge in [0.25, 0.3) is 0 Å². The van der Waals surface area contributed by atoms with Crippen molar-refractivity contribution in [1.29, 1.82) is 10.5 Å². The van der Waals surface area contributed by atoms with Crippen LogP contribution in [-0.2, 0) is 0 Å². The number of fused-ring (bicyclic) bond motifs is 6. The Morgan fingerprint density at radius 3 is 2.14 bits per heavy atom. The topological polar surface area (TPSA) is 63.2 Å². The lowest BCUT2D eigenvalue weighted by Gasteiger charge is -2.38. The van der Waals surface area contributed by atoms with Crippen LogP contribution in [0.1, 0.15) is 55.2 Å². The molecule has 0 N–H and O–H groups in total. The lowest BCUT2D eigenvalue weighted by Crippen LogP contribution is -2.35. The van der Waals surface area contributed by atoms with Crippen LogP contribution in [0.4, 0.5) is 5.69 Å². The normalized spacial score (nSPS) is 23.6. The summed E-state index contributed by atoms with van der Waals surface area (Å²) >= 11 is 6.76. The second-order valence-electron chi connectivity index (χ2n) is 9.70. The van der Waals surface area contributed by atoms with E-state index in [1.807, 2.05) is 48.5 Å². The molecular weight excluding hydrogens is 452 g/mol. The van der Waals surface area contributed by atoms with Gasteiger partial charge in [-0.3, -0.25) is 4.99 Å². The number of para-hydroxylation sites is 1. The fourth-order valence-electron chi connectivity index (χ4n) is 6.28. The first-order valence-electron chi connectivity index (χ1n) is 12.3. The van der Waals surface area contributed by atoms with Gasteiger partial charge in [0.1, 0.15) is 5.84 Å². The number of rotatable bonds is 2. The van der Waals surface area contributed by atoms with Gasteiger partial charge in [-0.05, 0) is 41.7 Å². The minimum Gasteiger partial charge on any atom is -0.319 e. The van der Waals surface area contributed by atoms with E-state index in [1.54, 1.807) is 0 Å². The maximum Gasteiger partial charge on any atom is 0.182 e. The summed E-state index contributed by atoms with van der Waals surface area (Å²) in [7, 11) is 0. The molecule has 172 valence electrons. The standard InChI is InChI=1S/C30H25ClN4/c31-25-16-8-6-15-24(25)27-29(34-20-10-2-1-3-11-20)35-26-17-9-7-13-22(26)21-12-4-5-14-23(21)28(35)30(27,18-32)19-33/h4-9,12-17,20,27-28H,1-3,10-11H2/t27-,28+/m1/s1. The Morgan fingerprint density at radius 2 is 1.43 bits per heavy atom. The molecule has 0 unspecified atom stereocenters. The Bertz CT molecular complexity index is 1390. The predicted molar refractivity (Wildman–Crippen MR) is 139 cm³/mol. The van der Waals surface area contributed by atoms with Crippen molar-refractivity contribution in [2.45, 2.75) is 50.1 Å². The highest BCUT2D eigenvalue weighted by atomic mass is 35.5. The molecule has 3 aliphatic rings. The molecule has 0 aromatic heterocycles. The fourth-order valence-corrected chi connectivity index (χ4v) is 6.52. The Morgan fingerprint density at radius 1 is 0.800 bits per heavy atom. The van der Waals surface area contributed by atoms with Crippen molar-refractivity contribution in [2.75, 3.05) is 4.90 Å². The molecule has 0 radical (unpaired) electrons. The SMILES string of the molecule is N#CC1(C#N)[C@@H]2c3ccccc3-c3ccccc3N2C(=NC2CCCCC2)[C@H]1c1ccccc1Cl. The number of hydrogen-bond acceptors (Lipinski definition) is 3. The second kappa shape index (κ2) is 8.56. The van der Waals surface area contributed by atoms with Gasteiger partial charge in [0.05, 0.1) is 35.8 Å². The summed E-state index contributed by atoms with van der Waals surface area (Å²) in [4.78, 5) is 7.55. The summed E-state index contributed by atoms with van der Waals surface area (Å²) in [5.41, 5.74) is 3.55. The molecule has 2 fully saturated rings. The number of nitriles is 2. The van der Waals surface area contributed by atoms with Crippen LogP contribution in [0.15, 0.2) is 77.8 Å². The van der Waals surface area contributed by atoms with Crippen molar-refractivity contribution >= 4 is 23.1 Å². The van der Waals surface area contributed by atoms with Crippen LogP contribution in [-0.4, -0.2) is 11.9 Å². The number of hydrogen-bond donors (Lipinski definition) is 0. The lowest BCUT2D eigenvalue weighted by atomic mass is 9.69. The zero-order valence-corrected chi connectivity index (χ0v) is 20.1. The Hall–Kier alpha value is -3.60. The van der Waals surface area contributed by atoms with Crippen LogP contribution < -0.4 is 4.90 Å². The summed E-state index contributed by atoms with van der Waals surface area (Å²) in [6.45, 7) is 0. The number of nitrogens with zero attached hydrogens (tertiary/aromatic N) is 4. The fraction of sp³-hybridized carbons (Fsp3) is 0.300. The zero-order chi connectivity index (χ0) is 24.0. The van der Waals surface area contributed by atoms with Crippen molar-refractivity contribution < 1.29 is 0 Å². The van der Waals surface area contributed by atoms with Gasteiger partial charge in [0, 0.05) is 10.6 Å². The molecule has 5 heteroatoms. The van der Waals surface area contributed by atoms with Crippen molar-refractivity contribution in [3.05, 3.63) is 88.9 Å². The minimum absolute atomic E-state index is 0.182. The van der Waals surface area contributed by atoms with Crippen LogP contribution in [0.5, 0.6) is 0 Å². The summed E-state index contributed by atoms with van der Waals surface area (Å²) in [6.07, 6.45) is 5.60. The number of amidine groups is 1. The molecule has 6 rings (SSSR count). The van der Waals surface area contributed by atoms with Crippen molar-refractivity contribution in [1.82, 2.24) is 0 Å². The summed E-state index contributed by atoms with van der Waals surface area (Å²) in [5.74, 6) is 0.234. The van der Waals surface area contributed by atoms with Gasteiger partial charge in [-0.25, -0.2) is 0 Å². The van der Waals surface area contributed by atoms with E-state index < -0.39 is 17.4 Å². The van der Waals surface area contributed by atoms with E-state index in [0.29, 0.717) is 5.02 Å². The van der Waals surface area contributed by atoms with Crippen molar-refractivity contribution in [3.63, 3.8) is 0 Å². The lowest BCUT2D eigenvalue weighted by molar-refractivity contribution is 0.433. The quantitative estimate of drug-likeness (QED) is 0.386. The molecule has 0 amide bonds. The van der Waals surface area contributed by atoms with Crippen molar-refractivity contribution in [3.8, 4) is 23.3 Å². The predicted octanol–water partition coefficient (Wildman–Crippen LogP) is 7.43. The number of benzene rings is 3. The number of anilines is 1. The van der Waals surface area contributed by atoms with Gasteiger partial charge in [-0.15, -0.1) is 0 Å². The third kappa shape index (κ3) is 3.21. The van der Waals surface area contributed by atoms with E-state index in [4.69, 9.17) is 16.6 Å². The van der Waals surface area contributed by atoms with Gasteiger partial charge in [-0.2, -0.15) is 10.5 Å². The van der Waals surface area contributed by atoms with E-state index in [-0.39, 0.29) is 6.04 Å². The van der Waals surface area contributed by atoms with E-state index >= 15 is 0 Å².